The van der Waals surface area contributed by atoms with Gasteiger partial charge in [-0.15, -0.1) is 0 Å². The molecule has 2 N–H and O–H groups in total. The first-order chi connectivity index (χ1) is 14.8. The Morgan fingerprint density at radius 2 is 1.84 bits per heavy atom. The predicted octanol–water partition coefficient (Wildman–Crippen LogP) is 5.49. The maximum Gasteiger partial charge on any atom is 0.307 e. The quantitative estimate of drug-likeness (QED) is 0.365. The number of benzene rings is 3. The van der Waals surface area contributed by atoms with Crippen LogP contribution in [0.2, 0.25) is 0 Å². The standard InChI is InChI=1S/C23H18BrNO5S/c1-14-9-15(11-22(26)27)10-19(24)23(14)30-16-7-8-20-18(12-16)21(13-25-20)31(28,29)17-5-3-2-4-6-17/h2-10,12-13,25H,11H2,1H3,(H,26,27). The van der Waals surface area contributed by atoms with Crippen LogP contribution in [0.4, 0.5) is 0 Å². The summed E-state index contributed by atoms with van der Waals surface area (Å²) in [5.41, 5.74) is 2.09. The van der Waals surface area contributed by atoms with E-state index in [9.17, 15) is 13.2 Å². The molecule has 0 aliphatic heterocycles. The minimum atomic E-state index is -3.70. The summed E-state index contributed by atoms with van der Waals surface area (Å²) in [5, 5.41) is 9.53. The highest BCUT2D eigenvalue weighted by Gasteiger charge is 2.22. The van der Waals surface area contributed by atoms with Gasteiger partial charge >= 0.3 is 5.97 Å². The van der Waals surface area contributed by atoms with Crippen molar-refractivity contribution in [3.05, 3.63) is 82.5 Å². The van der Waals surface area contributed by atoms with Crippen molar-refractivity contribution < 1.29 is 23.1 Å². The first kappa shape index (κ1) is 21.1. The van der Waals surface area contributed by atoms with E-state index in [4.69, 9.17) is 9.84 Å². The summed E-state index contributed by atoms with van der Waals surface area (Å²) in [6.07, 6.45) is 1.40. The van der Waals surface area contributed by atoms with Gasteiger partial charge in [-0.25, -0.2) is 8.42 Å². The third-order valence-electron chi connectivity index (χ3n) is 4.82. The number of H-pyrrole nitrogens is 1. The largest absolute Gasteiger partial charge is 0.481 e. The number of aliphatic carboxylic acids is 1. The van der Waals surface area contributed by atoms with Crippen molar-refractivity contribution in [2.24, 2.45) is 0 Å². The molecule has 4 aromatic rings. The van der Waals surface area contributed by atoms with Crippen LogP contribution in [0.3, 0.4) is 0 Å². The fourth-order valence-electron chi connectivity index (χ4n) is 3.41. The summed E-state index contributed by atoms with van der Waals surface area (Å²) < 4.78 is 32.9. The molecule has 31 heavy (non-hydrogen) atoms. The Hall–Kier alpha value is -3.10. The Bertz CT molecular complexity index is 1370. The van der Waals surface area contributed by atoms with Gasteiger partial charge in [0, 0.05) is 17.1 Å². The van der Waals surface area contributed by atoms with E-state index in [-0.39, 0.29) is 16.2 Å². The second-order valence-electron chi connectivity index (χ2n) is 7.07. The average molecular weight is 500 g/mol. The third-order valence-corrected chi connectivity index (χ3v) is 7.22. The fraction of sp³-hybridized carbons (Fsp3) is 0.0870. The first-order valence-corrected chi connectivity index (χ1v) is 11.6. The summed E-state index contributed by atoms with van der Waals surface area (Å²) in [6.45, 7) is 1.82. The Labute approximate surface area is 187 Å². The molecule has 8 heteroatoms. The highest BCUT2D eigenvalue weighted by Crippen LogP contribution is 2.37. The Balaban J connectivity index is 1.73. The molecule has 1 heterocycles. The van der Waals surface area contributed by atoms with Crippen LogP contribution < -0.4 is 4.74 Å². The molecule has 0 fully saturated rings. The van der Waals surface area contributed by atoms with Crippen LogP contribution in [0.15, 0.2) is 81.1 Å². The van der Waals surface area contributed by atoms with E-state index in [1.807, 2.05) is 6.92 Å². The molecule has 0 amide bonds. The molecule has 0 bridgehead atoms. The fourth-order valence-corrected chi connectivity index (χ4v) is 5.54. The van der Waals surface area contributed by atoms with Gasteiger partial charge in [0.1, 0.15) is 11.5 Å². The molecule has 0 spiro atoms. The Kier molecular flexibility index (Phi) is 5.60. The topological polar surface area (TPSA) is 96.5 Å². The number of aryl methyl sites for hydroxylation is 1. The van der Waals surface area contributed by atoms with Crippen LogP contribution in [0.5, 0.6) is 11.5 Å². The molecule has 0 aliphatic carbocycles. The number of halogens is 1. The van der Waals surface area contributed by atoms with Gasteiger partial charge in [-0.2, -0.15) is 0 Å². The number of sulfone groups is 1. The Morgan fingerprint density at radius 1 is 1.10 bits per heavy atom. The molecular formula is C23H18BrNO5S. The number of carboxylic acids is 1. The molecule has 6 nitrogen and oxygen atoms in total. The molecule has 3 aromatic carbocycles. The lowest BCUT2D eigenvalue weighted by molar-refractivity contribution is -0.136. The number of fused-ring (bicyclic) bond motifs is 1. The lowest BCUT2D eigenvalue weighted by Crippen LogP contribution is -2.01. The lowest BCUT2D eigenvalue weighted by Gasteiger charge is -2.13. The van der Waals surface area contributed by atoms with Crippen LogP contribution in [0.25, 0.3) is 10.9 Å². The molecule has 0 aliphatic rings. The van der Waals surface area contributed by atoms with Crippen molar-refractivity contribution in [2.45, 2.75) is 23.1 Å². The average Bonchev–Trinajstić information content (AvgIpc) is 3.15. The number of carboxylic acid groups (broad SMARTS) is 1. The summed E-state index contributed by atoms with van der Waals surface area (Å²) >= 11 is 3.44. The summed E-state index contributed by atoms with van der Waals surface area (Å²) in [7, 11) is -3.70. The third kappa shape index (κ3) is 4.22. The van der Waals surface area contributed by atoms with E-state index in [1.54, 1.807) is 60.7 Å². The van der Waals surface area contributed by atoms with Crippen molar-refractivity contribution in [1.29, 1.82) is 0 Å². The van der Waals surface area contributed by atoms with E-state index in [0.717, 1.165) is 5.56 Å². The lowest BCUT2D eigenvalue weighted by atomic mass is 10.1. The zero-order valence-corrected chi connectivity index (χ0v) is 18.8. The van der Waals surface area contributed by atoms with Gasteiger partial charge in [0.25, 0.3) is 0 Å². The smallest absolute Gasteiger partial charge is 0.307 e. The first-order valence-electron chi connectivity index (χ1n) is 9.35. The number of carbonyl (C=O) groups is 1. The Morgan fingerprint density at radius 3 is 2.52 bits per heavy atom. The maximum atomic E-state index is 13.1. The molecule has 0 saturated carbocycles. The minimum Gasteiger partial charge on any atom is -0.481 e. The van der Waals surface area contributed by atoms with Crippen LogP contribution in [0, 0.1) is 6.92 Å². The van der Waals surface area contributed by atoms with Gasteiger partial charge in [-0.3, -0.25) is 4.79 Å². The summed E-state index contributed by atoms with van der Waals surface area (Å²) in [6, 6.07) is 16.9. The van der Waals surface area contributed by atoms with Gasteiger partial charge in [0.15, 0.2) is 0 Å². The van der Waals surface area contributed by atoms with Crippen LogP contribution in [-0.4, -0.2) is 24.5 Å². The number of aromatic nitrogens is 1. The zero-order chi connectivity index (χ0) is 22.2. The van der Waals surface area contributed by atoms with Crippen molar-refractivity contribution in [2.75, 3.05) is 0 Å². The number of rotatable bonds is 6. The SMILES string of the molecule is Cc1cc(CC(=O)O)cc(Br)c1Oc1ccc2[nH]cc(S(=O)(=O)c3ccccc3)c2c1. The monoisotopic (exact) mass is 499 g/mol. The molecule has 158 valence electrons. The van der Waals surface area contributed by atoms with E-state index >= 15 is 0 Å². The van der Waals surface area contributed by atoms with Crippen molar-refractivity contribution in [3.8, 4) is 11.5 Å². The predicted molar refractivity (Wildman–Crippen MR) is 120 cm³/mol. The summed E-state index contributed by atoms with van der Waals surface area (Å²) in [4.78, 5) is 14.4. The van der Waals surface area contributed by atoms with Crippen LogP contribution in [-0.2, 0) is 21.1 Å². The summed E-state index contributed by atoms with van der Waals surface area (Å²) in [5.74, 6) is 0.0907. The highest BCUT2D eigenvalue weighted by atomic mass is 79.9. The number of aromatic amines is 1. The molecule has 1 aromatic heterocycles. The van der Waals surface area contributed by atoms with Crippen molar-refractivity contribution in [1.82, 2.24) is 4.98 Å². The van der Waals surface area contributed by atoms with Gasteiger partial charge in [0.2, 0.25) is 9.84 Å². The van der Waals surface area contributed by atoms with E-state index < -0.39 is 15.8 Å². The second kappa shape index (κ2) is 8.20. The molecular weight excluding hydrogens is 482 g/mol. The molecule has 0 unspecified atom stereocenters. The normalized spacial score (nSPS) is 11.5. The van der Waals surface area contributed by atoms with E-state index in [2.05, 4.69) is 20.9 Å². The van der Waals surface area contributed by atoms with E-state index in [1.165, 1.54) is 6.20 Å². The van der Waals surface area contributed by atoms with Crippen LogP contribution >= 0.6 is 15.9 Å². The zero-order valence-electron chi connectivity index (χ0n) is 16.4. The molecule has 4 rings (SSSR count). The minimum absolute atomic E-state index is 0.0876. The number of hydrogen-bond acceptors (Lipinski definition) is 4. The van der Waals surface area contributed by atoms with Crippen molar-refractivity contribution in [3.63, 3.8) is 0 Å². The van der Waals surface area contributed by atoms with E-state index in [0.29, 0.717) is 32.4 Å². The number of hydrogen-bond donors (Lipinski definition) is 2. The molecule has 0 radical (unpaired) electrons. The van der Waals surface area contributed by atoms with Gasteiger partial charge in [0.05, 0.1) is 20.7 Å². The molecule has 0 atom stereocenters. The van der Waals surface area contributed by atoms with Crippen LogP contribution in [0.1, 0.15) is 11.1 Å². The molecule has 0 saturated heterocycles. The maximum absolute atomic E-state index is 13.1. The highest BCUT2D eigenvalue weighted by molar-refractivity contribution is 9.10. The van der Waals surface area contributed by atoms with Gasteiger partial charge in [-0.05, 0) is 70.4 Å². The van der Waals surface area contributed by atoms with Crippen molar-refractivity contribution >= 4 is 42.6 Å². The second-order valence-corrected chi connectivity index (χ2v) is 9.85. The van der Waals surface area contributed by atoms with Gasteiger partial charge in [-0.1, -0.05) is 24.3 Å². The number of ether oxygens (including phenoxy) is 1. The number of nitrogens with one attached hydrogen (secondary N) is 1. The van der Waals surface area contributed by atoms with Gasteiger partial charge < -0.3 is 14.8 Å².